The van der Waals surface area contributed by atoms with Gasteiger partial charge in [0.05, 0.1) is 18.7 Å². The molecule has 0 unspecified atom stereocenters. The molecule has 1 N–H and O–H groups in total. The SMILES string of the molecule is CSc1ccccc1NC(=O)CN(C)C(=O)Cc1ccc(F)cc1. The van der Waals surface area contributed by atoms with Crippen LogP contribution in [0, 0.1) is 5.82 Å². The molecule has 0 saturated carbocycles. The molecule has 0 spiro atoms. The number of anilines is 1. The zero-order chi connectivity index (χ0) is 17.5. The maximum atomic E-state index is 12.9. The van der Waals surface area contributed by atoms with Crippen LogP contribution in [0.1, 0.15) is 5.56 Å². The lowest BCUT2D eigenvalue weighted by Crippen LogP contribution is -2.35. The summed E-state index contributed by atoms with van der Waals surface area (Å²) in [6, 6.07) is 13.3. The molecule has 2 aromatic carbocycles. The Hall–Kier alpha value is -2.34. The number of rotatable bonds is 6. The number of nitrogens with zero attached hydrogens (tertiary/aromatic N) is 1. The van der Waals surface area contributed by atoms with Crippen molar-refractivity contribution >= 4 is 29.3 Å². The molecule has 24 heavy (non-hydrogen) atoms. The van der Waals surface area contributed by atoms with Crippen molar-refractivity contribution in [3.8, 4) is 0 Å². The number of nitrogens with one attached hydrogen (secondary N) is 1. The third-order valence-electron chi connectivity index (χ3n) is 3.46. The molecule has 0 saturated heterocycles. The summed E-state index contributed by atoms with van der Waals surface area (Å²) in [6.45, 7) is -0.0389. The summed E-state index contributed by atoms with van der Waals surface area (Å²) in [4.78, 5) is 26.6. The zero-order valence-electron chi connectivity index (χ0n) is 13.6. The molecule has 6 heteroatoms. The number of benzene rings is 2. The predicted octanol–water partition coefficient (Wildman–Crippen LogP) is 3.19. The van der Waals surface area contributed by atoms with Crippen LogP contribution in [-0.2, 0) is 16.0 Å². The predicted molar refractivity (Wildman–Crippen MR) is 94.6 cm³/mol. The molecular weight excluding hydrogens is 327 g/mol. The summed E-state index contributed by atoms with van der Waals surface area (Å²) in [7, 11) is 1.58. The van der Waals surface area contributed by atoms with E-state index in [-0.39, 0.29) is 30.6 Å². The number of hydrogen-bond donors (Lipinski definition) is 1. The highest BCUT2D eigenvalue weighted by atomic mass is 32.2. The fourth-order valence-electron chi connectivity index (χ4n) is 2.15. The Balaban J connectivity index is 1.90. The normalized spacial score (nSPS) is 10.3. The lowest BCUT2D eigenvalue weighted by molar-refractivity contribution is -0.132. The summed E-state index contributed by atoms with van der Waals surface area (Å²) in [5.41, 5.74) is 1.44. The van der Waals surface area contributed by atoms with Gasteiger partial charge in [-0.3, -0.25) is 9.59 Å². The van der Waals surface area contributed by atoms with E-state index in [2.05, 4.69) is 5.32 Å². The maximum Gasteiger partial charge on any atom is 0.244 e. The third-order valence-corrected chi connectivity index (χ3v) is 4.25. The van der Waals surface area contributed by atoms with E-state index in [1.54, 1.807) is 19.2 Å². The van der Waals surface area contributed by atoms with E-state index >= 15 is 0 Å². The van der Waals surface area contributed by atoms with Crippen LogP contribution < -0.4 is 5.32 Å². The number of hydrogen-bond acceptors (Lipinski definition) is 3. The zero-order valence-corrected chi connectivity index (χ0v) is 14.4. The minimum Gasteiger partial charge on any atom is -0.336 e. The third kappa shape index (κ3) is 5.09. The van der Waals surface area contributed by atoms with E-state index in [4.69, 9.17) is 0 Å². The summed E-state index contributed by atoms with van der Waals surface area (Å²) in [5, 5.41) is 2.82. The first-order valence-corrected chi connectivity index (χ1v) is 8.63. The van der Waals surface area contributed by atoms with Crippen LogP contribution in [0.5, 0.6) is 0 Å². The fourth-order valence-corrected chi connectivity index (χ4v) is 2.71. The smallest absolute Gasteiger partial charge is 0.244 e. The lowest BCUT2D eigenvalue weighted by Gasteiger charge is -2.17. The molecule has 2 amide bonds. The standard InChI is InChI=1S/C18H19FN2O2S/c1-21(18(23)11-13-7-9-14(19)10-8-13)12-17(22)20-15-5-3-4-6-16(15)24-2/h3-10H,11-12H2,1-2H3,(H,20,22). The Morgan fingerprint density at radius 2 is 1.79 bits per heavy atom. The number of halogens is 1. The lowest BCUT2D eigenvalue weighted by atomic mass is 10.1. The number of likely N-dealkylation sites (N-methyl/N-ethyl adjacent to an activating group) is 1. The van der Waals surface area contributed by atoms with E-state index < -0.39 is 0 Å². The highest BCUT2D eigenvalue weighted by Crippen LogP contribution is 2.24. The molecule has 0 fully saturated rings. The van der Waals surface area contributed by atoms with Crippen LogP contribution >= 0.6 is 11.8 Å². The second-order valence-corrected chi connectivity index (χ2v) is 6.15. The average molecular weight is 346 g/mol. The average Bonchev–Trinajstić information content (AvgIpc) is 2.57. The summed E-state index contributed by atoms with van der Waals surface area (Å²) in [5.74, 6) is -0.798. The van der Waals surface area contributed by atoms with Gasteiger partial charge in [0.15, 0.2) is 0 Å². The van der Waals surface area contributed by atoms with Gasteiger partial charge in [-0.2, -0.15) is 0 Å². The molecule has 2 rings (SSSR count). The van der Waals surface area contributed by atoms with Gasteiger partial charge in [-0.15, -0.1) is 11.8 Å². The summed E-state index contributed by atoms with van der Waals surface area (Å²) >= 11 is 1.54. The van der Waals surface area contributed by atoms with Crippen LogP contribution in [0.3, 0.4) is 0 Å². The van der Waals surface area contributed by atoms with Crippen molar-refractivity contribution < 1.29 is 14.0 Å². The molecule has 0 aliphatic heterocycles. The molecule has 0 radical (unpaired) electrons. The molecular formula is C18H19FN2O2S. The van der Waals surface area contributed by atoms with E-state index in [1.807, 2.05) is 30.5 Å². The van der Waals surface area contributed by atoms with Gasteiger partial charge in [-0.25, -0.2) is 4.39 Å². The number of amides is 2. The van der Waals surface area contributed by atoms with E-state index in [0.29, 0.717) is 5.56 Å². The Morgan fingerprint density at radius 1 is 1.12 bits per heavy atom. The van der Waals surface area contributed by atoms with Crippen molar-refractivity contribution in [1.29, 1.82) is 0 Å². The van der Waals surface area contributed by atoms with Crippen molar-refractivity contribution in [2.75, 3.05) is 25.2 Å². The van der Waals surface area contributed by atoms with Gasteiger partial charge in [0.2, 0.25) is 11.8 Å². The van der Waals surface area contributed by atoms with Crippen LogP contribution in [0.25, 0.3) is 0 Å². The van der Waals surface area contributed by atoms with Gasteiger partial charge in [0.25, 0.3) is 0 Å². The van der Waals surface area contributed by atoms with Crippen molar-refractivity contribution in [1.82, 2.24) is 4.90 Å². The molecule has 0 aliphatic carbocycles. The highest BCUT2D eigenvalue weighted by Gasteiger charge is 2.14. The highest BCUT2D eigenvalue weighted by molar-refractivity contribution is 7.98. The number of carbonyl (C=O) groups excluding carboxylic acids is 2. The molecule has 0 bridgehead atoms. The van der Waals surface area contributed by atoms with Gasteiger partial charge < -0.3 is 10.2 Å². The van der Waals surface area contributed by atoms with Crippen LogP contribution in [0.2, 0.25) is 0 Å². The quantitative estimate of drug-likeness (QED) is 0.817. The Morgan fingerprint density at radius 3 is 2.46 bits per heavy atom. The first-order valence-electron chi connectivity index (χ1n) is 7.41. The van der Waals surface area contributed by atoms with Crippen LogP contribution in [0.4, 0.5) is 10.1 Å². The van der Waals surface area contributed by atoms with E-state index in [1.165, 1.54) is 28.8 Å². The summed E-state index contributed by atoms with van der Waals surface area (Å²) in [6.07, 6.45) is 2.06. The maximum absolute atomic E-state index is 12.9. The van der Waals surface area contributed by atoms with E-state index in [0.717, 1.165) is 10.6 Å². The van der Waals surface area contributed by atoms with Crippen molar-refractivity contribution in [2.24, 2.45) is 0 Å². The van der Waals surface area contributed by atoms with Gasteiger partial charge >= 0.3 is 0 Å². The van der Waals surface area contributed by atoms with Crippen molar-refractivity contribution in [3.63, 3.8) is 0 Å². The van der Waals surface area contributed by atoms with Crippen molar-refractivity contribution in [2.45, 2.75) is 11.3 Å². The minimum absolute atomic E-state index is 0.0389. The molecule has 0 aromatic heterocycles. The minimum atomic E-state index is -0.341. The van der Waals surface area contributed by atoms with Gasteiger partial charge in [-0.1, -0.05) is 24.3 Å². The first kappa shape index (κ1) is 18.0. The second kappa shape index (κ2) is 8.49. The first-order chi connectivity index (χ1) is 11.5. The van der Waals surface area contributed by atoms with Gasteiger partial charge in [0.1, 0.15) is 5.82 Å². The largest absolute Gasteiger partial charge is 0.336 e. The topological polar surface area (TPSA) is 49.4 Å². The number of carbonyl (C=O) groups is 2. The van der Waals surface area contributed by atoms with Crippen molar-refractivity contribution in [3.05, 3.63) is 59.9 Å². The number of thioether (sulfide) groups is 1. The fraction of sp³-hybridized carbons (Fsp3) is 0.222. The Kier molecular flexibility index (Phi) is 6.37. The van der Waals surface area contributed by atoms with Crippen LogP contribution in [-0.4, -0.2) is 36.6 Å². The van der Waals surface area contributed by atoms with Crippen LogP contribution in [0.15, 0.2) is 53.4 Å². The Bertz CT molecular complexity index is 719. The Labute approximate surface area is 145 Å². The molecule has 2 aromatic rings. The number of para-hydroxylation sites is 1. The molecule has 0 aliphatic rings. The second-order valence-electron chi connectivity index (χ2n) is 5.30. The van der Waals surface area contributed by atoms with E-state index in [9.17, 15) is 14.0 Å². The molecule has 126 valence electrons. The van der Waals surface area contributed by atoms with Gasteiger partial charge in [-0.05, 0) is 36.1 Å². The van der Waals surface area contributed by atoms with Gasteiger partial charge in [0, 0.05) is 11.9 Å². The molecule has 0 atom stereocenters. The molecule has 0 heterocycles. The summed E-state index contributed by atoms with van der Waals surface area (Å²) < 4.78 is 12.9. The molecule has 4 nitrogen and oxygen atoms in total. The monoisotopic (exact) mass is 346 g/mol.